The van der Waals surface area contributed by atoms with E-state index in [0.717, 1.165) is 18.9 Å². The molecule has 1 aromatic heterocycles. The van der Waals surface area contributed by atoms with E-state index in [9.17, 15) is 4.79 Å². The van der Waals surface area contributed by atoms with Gasteiger partial charge in [0.15, 0.2) is 5.96 Å². The van der Waals surface area contributed by atoms with E-state index in [-0.39, 0.29) is 36.1 Å². The number of carbonyl (C=O) groups is 1. The molecule has 2 N–H and O–H groups in total. The maximum Gasteiger partial charge on any atom is 0.407 e. The molecule has 0 aliphatic rings. The van der Waals surface area contributed by atoms with Crippen LogP contribution in [0.4, 0.5) is 4.79 Å². The van der Waals surface area contributed by atoms with Crippen molar-refractivity contribution in [3.8, 4) is 0 Å². The second kappa shape index (κ2) is 12.8. The average molecular weight is 479 g/mol. The zero-order valence-corrected chi connectivity index (χ0v) is 19.1. The van der Waals surface area contributed by atoms with E-state index in [4.69, 9.17) is 4.74 Å². The highest BCUT2D eigenvalue weighted by Gasteiger charge is 2.16. The van der Waals surface area contributed by atoms with E-state index in [1.54, 1.807) is 14.0 Å². The summed E-state index contributed by atoms with van der Waals surface area (Å²) in [5.74, 6) is 1.26. The SMILES string of the molecule is CCOC(=O)NC(CNC(=NC)N(C)Cc1cccn1C)CC(C)C.I. The molecule has 150 valence electrons. The fourth-order valence-corrected chi connectivity index (χ4v) is 2.68. The summed E-state index contributed by atoms with van der Waals surface area (Å²) < 4.78 is 7.09. The summed E-state index contributed by atoms with van der Waals surface area (Å²) in [6, 6.07) is 4.11. The number of nitrogens with zero attached hydrogens (tertiary/aromatic N) is 3. The number of hydrogen-bond acceptors (Lipinski definition) is 3. The summed E-state index contributed by atoms with van der Waals surface area (Å²) in [4.78, 5) is 18.1. The predicted octanol–water partition coefficient (Wildman–Crippen LogP) is 2.81. The van der Waals surface area contributed by atoms with Crippen LogP contribution in [0, 0.1) is 5.92 Å². The normalized spacial score (nSPS) is 12.3. The fraction of sp³-hybridized carbons (Fsp3) is 0.667. The Hall–Kier alpha value is -1.45. The van der Waals surface area contributed by atoms with Crippen molar-refractivity contribution >= 4 is 36.0 Å². The largest absolute Gasteiger partial charge is 0.450 e. The van der Waals surface area contributed by atoms with Gasteiger partial charge in [-0.3, -0.25) is 4.99 Å². The molecular weight excluding hydrogens is 445 g/mol. The van der Waals surface area contributed by atoms with Gasteiger partial charge in [0.1, 0.15) is 0 Å². The van der Waals surface area contributed by atoms with Gasteiger partial charge >= 0.3 is 6.09 Å². The van der Waals surface area contributed by atoms with Crippen LogP contribution in [0.25, 0.3) is 0 Å². The van der Waals surface area contributed by atoms with Gasteiger partial charge in [0.25, 0.3) is 0 Å². The first-order valence-electron chi connectivity index (χ1n) is 8.82. The maximum absolute atomic E-state index is 11.7. The minimum Gasteiger partial charge on any atom is -0.450 e. The highest BCUT2D eigenvalue weighted by molar-refractivity contribution is 14.0. The number of alkyl carbamates (subject to hydrolysis) is 1. The Morgan fingerprint density at radius 3 is 2.62 bits per heavy atom. The third-order valence-corrected chi connectivity index (χ3v) is 3.88. The molecule has 8 heteroatoms. The molecule has 0 radical (unpaired) electrons. The number of amides is 1. The third-order valence-electron chi connectivity index (χ3n) is 3.88. The van der Waals surface area contributed by atoms with Crippen molar-refractivity contribution in [1.29, 1.82) is 0 Å². The van der Waals surface area contributed by atoms with Gasteiger partial charge in [0, 0.05) is 45.6 Å². The number of rotatable bonds is 8. The van der Waals surface area contributed by atoms with E-state index in [2.05, 4.69) is 45.0 Å². The number of nitrogens with one attached hydrogen (secondary N) is 2. The van der Waals surface area contributed by atoms with Crippen molar-refractivity contribution < 1.29 is 9.53 Å². The topological polar surface area (TPSA) is 70.9 Å². The summed E-state index contributed by atoms with van der Waals surface area (Å²) in [5.41, 5.74) is 1.20. The molecule has 26 heavy (non-hydrogen) atoms. The number of carbonyl (C=O) groups excluding carboxylic acids is 1. The molecule has 1 atom stereocenters. The van der Waals surface area contributed by atoms with Crippen LogP contribution in [0.2, 0.25) is 0 Å². The second-order valence-corrected chi connectivity index (χ2v) is 6.59. The van der Waals surface area contributed by atoms with E-state index < -0.39 is 0 Å². The Bertz CT molecular complexity index is 560. The molecule has 1 rings (SSSR count). The van der Waals surface area contributed by atoms with Gasteiger partial charge in [-0.2, -0.15) is 0 Å². The minimum absolute atomic E-state index is 0. The first-order valence-corrected chi connectivity index (χ1v) is 8.82. The highest BCUT2D eigenvalue weighted by atomic mass is 127. The van der Waals surface area contributed by atoms with Crippen molar-refractivity contribution in [2.45, 2.75) is 39.8 Å². The highest BCUT2D eigenvalue weighted by Crippen LogP contribution is 2.06. The van der Waals surface area contributed by atoms with Crippen LogP contribution in [-0.4, -0.2) is 54.8 Å². The van der Waals surface area contributed by atoms with Crippen molar-refractivity contribution in [3.05, 3.63) is 24.0 Å². The lowest BCUT2D eigenvalue weighted by Crippen LogP contribution is -2.48. The fourth-order valence-electron chi connectivity index (χ4n) is 2.68. The molecule has 0 bridgehead atoms. The van der Waals surface area contributed by atoms with E-state index in [1.807, 2.05) is 26.4 Å². The van der Waals surface area contributed by atoms with E-state index in [1.165, 1.54) is 5.69 Å². The lowest BCUT2D eigenvalue weighted by molar-refractivity contribution is 0.146. The molecule has 0 aromatic carbocycles. The van der Waals surface area contributed by atoms with E-state index in [0.29, 0.717) is 19.1 Å². The zero-order valence-electron chi connectivity index (χ0n) is 16.8. The molecule has 1 unspecified atom stereocenters. The number of hydrogen-bond donors (Lipinski definition) is 2. The lowest BCUT2D eigenvalue weighted by Gasteiger charge is -2.26. The van der Waals surface area contributed by atoms with Crippen LogP contribution in [0.5, 0.6) is 0 Å². The predicted molar refractivity (Wildman–Crippen MR) is 117 cm³/mol. The monoisotopic (exact) mass is 479 g/mol. The van der Waals surface area contributed by atoms with Gasteiger partial charge in [0.05, 0.1) is 13.2 Å². The number of halogens is 1. The van der Waals surface area contributed by atoms with Crippen LogP contribution < -0.4 is 10.6 Å². The quantitative estimate of drug-likeness (QED) is 0.342. The Balaban J connectivity index is 0.00000625. The molecule has 0 spiro atoms. The molecule has 1 heterocycles. The van der Waals surface area contributed by atoms with Crippen LogP contribution in [0.3, 0.4) is 0 Å². The van der Waals surface area contributed by atoms with Crippen molar-refractivity contribution in [2.75, 3.05) is 27.2 Å². The summed E-state index contributed by atoms with van der Waals surface area (Å²) in [5, 5.41) is 6.27. The summed E-state index contributed by atoms with van der Waals surface area (Å²) in [6.07, 6.45) is 2.52. The first-order chi connectivity index (χ1) is 11.9. The average Bonchev–Trinajstić information content (AvgIpc) is 2.92. The zero-order chi connectivity index (χ0) is 18.8. The molecule has 0 aliphatic carbocycles. The Kier molecular flexibility index (Phi) is 12.1. The third kappa shape index (κ3) is 8.77. The number of aryl methyl sites for hydroxylation is 1. The van der Waals surface area contributed by atoms with E-state index >= 15 is 0 Å². The number of aromatic nitrogens is 1. The molecule has 0 saturated heterocycles. The first kappa shape index (κ1) is 24.6. The Morgan fingerprint density at radius 2 is 2.12 bits per heavy atom. The van der Waals surface area contributed by atoms with Gasteiger partial charge in [-0.1, -0.05) is 13.8 Å². The van der Waals surface area contributed by atoms with Crippen molar-refractivity contribution in [3.63, 3.8) is 0 Å². The maximum atomic E-state index is 11.7. The van der Waals surface area contributed by atoms with Gasteiger partial charge in [0.2, 0.25) is 0 Å². The van der Waals surface area contributed by atoms with Gasteiger partial charge in [-0.15, -0.1) is 24.0 Å². The van der Waals surface area contributed by atoms with Crippen molar-refractivity contribution in [2.24, 2.45) is 18.0 Å². The second-order valence-electron chi connectivity index (χ2n) is 6.59. The molecular formula is C18H34IN5O2. The molecule has 0 aliphatic heterocycles. The van der Waals surface area contributed by atoms with Crippen LogP contribution >= 0.6 is 24.0 Å². The van der Waals surface area contributed by atoms with Gasteiger partial charge in [-0.25, -0.2) is 4.79 Å². The van der Waals surface area contributed by atoms with Crippen LogP contribution in [0.1, 0.15) is 32.9 Å². The Labute approximate surface area is 174 Å². The van der Waals surface area contributed by atoms with Crippen LogP contribution in [-0.2, 0) is 18.3 Å². The summed E-state index contributed by atoms with van der Waals surface area (Å²) >= 11 is 0. The van der Waals surface area contributed by atoms with Crippen molar-refractivity contribution in [1.82, 2.24) is 20.1 Å². The smallest absolute Gasteiger partial charge is 0.407 e. The number of aliphatic imine (C=N–C) groups is 1. The Morgan fingerprint density at radius 1 is 1.42 bits per heavy atom. The molecule has 7 nitrogen and oxygen atoms in total. The molecule has 0 saturated carbocycles. The molecule has 0 fully saturated rings. The standard InChI is InChI=1S/C18H33N5O2.HI/c1-7-25-18(24)21-15(11-14(2)3)12-20-17(19-4)23(6)13-16-9-8-10-22(16)5;/h8-10,14-15H,7,11-13H2,1-6H3,(H,19,20)(H,21,24);1H. The van der Waals surface area contributed by atoms with Gasteiger partial charge in [-0.05, 0) is 31.4 Å². The van der Waals surface area contributed by atoms with Crippen LogP contribution in [0.15, 0.2) is 23.3 Å². The molecule has 1 aromatic rings. The number of guanidine groups is 1. The molecule has 1 amide bonds. The summed E-state index contributed by atoms with van der Waals surface area (Å²) in [6.45, 7) is 7.79. The summed E-state index contributed by atoms with van der Waals surface area (Å²) in [7, 11) is 5.79. The number of ether oxygens (including phenoxy) is 1. The lowest BCUT2D eigenvalue weighted by atomic mass is 10.0. The minimum atomic E-state index is -0.373. The van der Waals surface area contributed by atoms with Gasteiger partial charge < -0.3 is 24.8 Å².